The molecule has 2 rings (SSSR count). The molecule has 0 aromatic heterocycles. The van der Waals surface area contributed by atoms with Crippen LogP contribution in [0.1, 0.15) is 18.4 Å². The lowest BCUT2D eigenvalue weighted by Gasteiger charge is -2.19. The van der Waals surface area contributed by atoms with Gasteiger partial charge in [-0.2, -0.15) is 0 Å². The number of esters is 1. The third-order valence-corrected chi connectivity index (χ3v) is 3.51. The molecule has 0 radical (unpaired) electrons. The van der Waals surface area contributed by atoms with Gasteiger partial charge in [-0.1, -0.05) is 23.7 Å². The average Bonchev–Trinajstić information content (AvgIpc) is 2.64. The molecule has 1 aliphatic heterocycles. The fourth-order valence-corrected chi connectivity index (χ4v) is 2.53. The average molecular weight is 268 g/mol. The molecule has 96 valence electrons. The van der Waals surface area contributed by atoms with E-state index in [1.165, 1.54) is 7.11 Å². The van der Waals surface area contributed by atoms with Crippen molar-refractivity contribution in [1.29, 1.82) is 0 Å². The number of halogens is 1. The monoisotopic (exact) mass is 267 g/mol. The maximum atomic E-state index is 11.8. The van der Waals surface area contributed by atoms with E-state index in [-0.39, 0.29) is 17.9 Å². The number of nitrogens with one attached hydrogen (secondary N) is 1. The highest BCUT2D eigenvalue weighted by atomic mass is 35.5. The summed E-state index contributed by atoms with van der Waals surface area (Å²) in [5, 5.41) is 3.40. The van der Waals surface area contributed by atoms with Gasteiger partial charge in [0.25, 0.3) is 0 Å². The number of methoxy groups -OCH3 is 1. The third kappa shape index (κ3) is 2.20. The fraction of sp³-hybridized carbons (Fsp3) is 0.385. The summed E-state index contributed by atoms with van der Waals surface area (Å²) in [6, 6.07) is 7.06. The van der Waals surface area contributed by atoms with Crippen LogP contribution >= 0.6 is 11.6 Å². The molecule has 1 saturated heterocycles. The van der Waals surface area contributed by atoms with Crippen LogP contribution in [0.25, 0.3) is 0 Å². The van der Waals surface area contributed by atoms with Gasteiger partial charge in [0.2, 0.25) is 5.91 Å². The van der Waals surface area contributed by atoms with Crippen LogP contribution in [0.15, 0.2) is 24.3 Å². The lowest BCUT2D eigenvalue weighted by atomic mass is 9.84. The lowest BCUT2D eigenvalue weighted by Crippen LogP contribution is -2.28. The van der Waals surface area contributed by atoms with Gasteiger partial charge in [0.1, 0.15) is 5.92 Å². The van der Waals surface area contributed by atoms with Crippen molar-refractivity contribution in [2.45, 2.75) is 18.9 Å². The number of ether oxygens (including phenoxy) is 1. The minimum Gasteiger partial charge on any atom is -0.468 e. The third-order valence-electron chi connectivity index (χ3n) is 3.26. The first-order chi connectivity index (χ1) is 8.54. The summed E-state index contributed by atoms with van der Waals surface area (Å²) in [5.74, 6) is -1.79. The van der Waals surface area contributed by atoms with E-state index in [9.17, 15) is 9.59 Å². The van der Waals surface area contributed by atoms with Gasteiger partial charge in [-0.3, -0.25) is 9.59 Å². The van der Waals surface area contributed by atoms with Crippen molar-refractivity contribution in [3.8, 4) is 0 Å². The van der Waals surface area contributed by atoms with Crippen LogP contribution in [0.4, 0.5) is 0 Å². The molecule has 0 bridgehead atoms. The molecule has 1 aromatic carbocycles. The maximum Gasteiger partial charge on any atom is 0.318 e. The van der Waals surface area contributed by atoms with Gasteiger partial charge in [-0.15, -0.1) is 0 Å². The molecule has 0 unspecified atom stereocenters. The van der Waals surface area contributed by atoms with E-state index in [0.29, 0.717) is 5.02 Å². The summed E-state index contributed by atoms with van der Waals surface area (Å²) >= 11 is 5.84. The number of amides is 1. The topological polar surface area (TPSA) is 55.4 Å². The van der Waals surface area contributed by atoms with Crippen molar-refractivity contribution in [2.75, 3.05) is 7.11 Å². The molecule has 1 amide bonds. The Morgan fingerprint density at radius 2 is 1.94 bits per heavy atom. The van der Waals surface area contributed by atoms with Crippen molar-refractivity contribution >= 4 is 23.5 Å². The molecular formula is C13H14ClNO3. The van der Waals surface area contributed by atoms with E-state index in [1.54, 1.807) is 12.1 Å². The maximum absolute atomic E-state index is 11.8. The number of carbonyl (C=O) groups excluding carboxylic acids is 2. The first-order valence-corrected chi connectivity index (χ1v) is 6.06. The van der Waals surface area contributed by atoms with Gasteiger partial charge in [0, 0.05) is 17.0 Å². The first-order valence-electron chi connectivity index (χ1n) is 5.68. The van der Waals surface area contributed by atoms with Gasteiger partial charge in [0.15, 0.2) is 0 Å². The molecule has 5 heteroatoms. The summed E-state index contributed by atoms with van der Waals surface area (Å²) in [6.07, 6.45) is 0. The minimum absolute atomic E-state index is 0.109. The standard InChI is InChI=1S/C13H14ClNO3/c1-7-10(8-3-5-9(14)6-4-8)11(12(16)15-7)13(17)18-2/h3-7,10-11H,1-2H3,(H,15,16)/t7-,10+,11+/m1/s1. The predicted octanol–water partition coefficient (Wildman–Crippen LogP) is 1.73. The largest absolute Gasteiger partial charge is 0.468 e. The number of benzene rings is 1. The molecule has 1 N–H and O–H groups in total. The van der Waals surface area contributed by atoms with Crippen molar-refractivity contribution in [2.24, 2.45) is 5.92 Å². The van der Waals surface area contributed by atoms with E-state index in [0.717, 1.165) is 5.56 Å². The summed E-state index contributed by atoms with van der Waals surface area (Å²) in [4.78, 5) is 23.5. The van der Waals surface area contributed by atoms with Crippen LogP contribution in [0.5, 0.6) is 0 Å². The lowest BCUT2D eigenvalue weighted by molar-refractivity contribution is -0.149. The van der Waals surface area contributed by atoms with Crippen molar-refractivity contribution < 1.29 is 14.3 Å². The van der Waals surface area contributed by atoms with Gasteiger partial charge in [-0.25, -0.2) is 0 Å². The van der Waals surface area contributed by atoms with E-state index >= 15 is 0 Å². The van der Waals surface area contributed by atoms with Crippen LogP contribution < -0.4 is 5.32 Å². The summed E-state index contributed by atoms with van der Waals surface area (Å²) in [7, 11) is 1.29. The first kappa shape index (κ1) is 12.9. The molecule has 4 nitrogen and oxygen atoms in total. The quantitative estimate of drug-likeness (QED) is 0.656. The van der Waals surface area contributed by atoms with Crippen molar-refractivity contribution in [1.82, 2.24) is 5.32 Å². The van der Waals surface area contributed by atoms with Crippen LogP contribution in [0.3, 0.4) is 0 Å². The Hall–Kier alpha value is -1.55. The molecule has 0 aliphatic carbocycles. The Morgan fingerprint density at radius 1 is 1.33 bits per heavy atom. The van der Waals surface area contributed by atoms with E-state index < -0.39 is 11.9 Å². The van der Waals surface area contributed by atoms with E-state index in [1.807, 2.05) is 19.1 Å². The smallest absolute Gasteiger partial charge is 0.318 e. The second-order valence-electron chi connectivity index (χ2n) is 4.38. The van der Waals surface area contributed by atoms with Crippen LogP contribution in [-0.2, 0) is 14.3 Å². The van der Waals surface area contributed by atoms with Crippen LogP contribution in [0, 0.1) is 5.92 Å². The Balaban J connectivity index is 2.36. The minimum atomic E-state index is -0.786. The molecule has 0 saturated carbocycles. The van der Waals surface area contributed by atoms with Gasteiger partial charge in [0.05, 0.1) is 7.11 Å². The van der Waals surface area contributed by atoms with Crippen LogP contribution in [-0.4, -0.2) is 25.0 Å². The second-order valence-corrected chi connectivity index (χ2v) is 4.81. The Morgan fingerprint density at radius 3 is 2.50 bits per heavy atom. The normalized spacial score (nSPS) is 26.8. The Labute approximate surface area is 110 Å². The molecule has 1 aliphatic rings. The summed E-state index contributed by atoms with van der Waals surface area (Å²) < 4.78 is 4.70. The second kappa shape index (κ2) is 4.98. The molecule has 1 heterocycles. The number of hydrogen-bond acceptors (Lipinski definition) is 3. The van der Waals surface area contributed by atoms with Crippen molar-refractivity contribution in [3.63, 3.8) is 0 Å². The highest BCUT2D eigenvalue weighted by Gasteiger charge is 2.46. The number of hydrogen-bond donors (Lipinski definition) is 1. The van der Waals surface area contributed by atoms with Gasteiger partial charge < -0.3 is 10.1 Å². The number of carbonyl (C=O) groups is 2. The van der Waals surface area contributed by atoms with Gasteiger partial charge >= 0.3 is 5.97 Å². The molecule has 3 atom stereocenters. The Kier molecular flexibility index (Phi) is 3.57. The zero-order valence-electron chi connectivity index (χ0n) is 10.1. The van der Waals surface area contributed by atoms with E-state index in [4.69, 9.17) is 16.3 Å². The zero-order chi connectivity index (χ0) is 13.3. The van der Waals surface area contributed by atoms with Crippen molar-refractivity contribution in [3.05, 3.63) is 34.9 Å². The van der Waals surface area contributed by atoms with Gasteiger partial charge in [-0.05, 0) is 24.6 Å². The number of rotatable bonds is 2. The molecule has 18 heavy (non-hydrogen) atoms. The Bertz CT molecular complexity index is 464. The summed E-state index contributed by atoms with van der Waals surface area (Å²) in [5.41, 5.74) is 0.903. The molecular weight excluding hydrogens is 254 g/mol. The van der Waals surface area contributed by atoms with Crippen LogP contribution in [0.2, 0.25) is 5.02 Å². The summed E-state index contributed by atoms with van der Waals surface area (Å²) in [6.45, 7) is 1.88. The molecule has 0 spiro atoms. The highest BCUT2D eigenvalue weighted by Crippen LogP contribution is 2.34. The molecule has 1 fully saturated rings. The zero-order valence-corrected chi connectivity index (χ0v) is 10.9. The predicted molar refractivity (Wildman–Crippen MR) is 67.3 cm³/mol. The molecule has 1 aromatic rings. The fourth-order valence-electron chi connectivity index (χ4n) is 2.40. The SMILES string of the molecule is COC(=O)[C@@H]1C(=O)N[C@H](C)[C@H]1c1ccc(Cl)cc1. The highest BCUT2D eigenvalue weighted by molar-refractivity contribution is 6.30. The van der Waals surface area contributed by atoms with E-state index in [2.05, 4.69) is 5.32 Å².